The highest BCUT2D eigenvalue weighted by atomic mass is 19.3. The molecule has 0 radical (unpaired) electrons. The van der Waals surface area contributed by atoms with Gasteiger partial charge in [-0.05, 0) is 56.2 Å². The molecular formula is C22H24F2N2O4. The fourth-order valence-electron chi connectivity index (χ4n) is 3.39. The zero-order valence-electron chi connectivity index (χ0n) is 16.6. The van der Waals surface area contributed by atoms with Gasteiger partial charge in [0.15, 0.2) is 0 Å². The van der Waals surface area contributed by atoms with Gasteiger partial charge in [-0.2, -0.15) is 8.78 Å². The molecule has 2 amide bonds. The standard InChI is InChI=1S/C22H24F2N2O4/c1-2-29-17-9-7-15(8-10-17)21(28)26-13-11-16(12-14-26)25-20(27)18-5-3-4-6-19(18)30-22(23)24/h3-10,16,22H,2,11-14H2,1H3,(H,25,27). The van der Waals surface area contributed by atoms with E-state index in [1.54, 1.807) is 35.2 Å². The molecule has 2 aromatic carbocycles. The van der Waals surface area contributed by atoms with E-state index in [1.165, 1.54) is 18.2 Å². The van der Waals surface area contributed by atoms with Gasteiger partial charge in [-0.3, -0.25) is 9.59 Å². The Morgan fingerprint density at radius 2 is 1.77 bits per heavy atom. The number of amides is 2. The summed E-state index contributed by atoms with van der Waals surface area (Å²) in [6.07, 6.45) is 1.15. The van der Waals surface area contributed by atoms with Crippen molar-refractivity contribution in [1.82, 2.24) is 10.2 Å². The number of hydrogen-bond acceptors (Lipinski definition) is 4. The Labute approximate surface area is 173 Å². The average molecular weight is 418 g/mol. The third-order valence-corrected chi connectivity index (χ3v) is 4.88. The van der Waals surface area contributed by atoms with Crippen LogP contribution in [0.5, 0.6) is 11.5 Å². The second-order valence-electron chi connectivity index (χ2n) is 6.87. The van der Waals surface area contributed by atoms with E-state index >= 15 is 0 Å². The Morgan fingerprint density at radius 1 is 1.10 bits per heavy atom. The van der Waals surface area contributed by atoms with Gasteiger partial charge in [-0.1, -0.05) is 12.1 Å². The maximum Gasteiger partial charge on any atom is 0.387 e. The van der Waals surface area contributed by atoms with Gasteiger partial charge in [0.05, 0.1) is 12.2 Å². The molecule has 8 heteroatoms. The molecule has 0 atom stereocenters. The minimum absolute atomic E-state index is 0.0608. The van der Waals surface area contributed by atoms with E-state index in [0.29, 0.717) is 43.9 Å². The molecule has 1 saturated heterocycles. The molecule has 1 aliphatic heterocycles. The predicted octanol–water partition coefficient (Wildman–Crippen LogP) is 3.72. The maximum atomic E-state index is 12.7. The van der Waals surface area contributed by atoms with Crippen LogP contribution in [-0.4, -0.2) is 49.1 Å². The van der Waals surface area contributed by atoms with E-state index in [-0.39, 0.29) is 23.3 Å². The molecular weight excluding hydrogens is 394 g/mol. The first-order valence-corrected chi connectivity index (χ1v) is 9.84. The van der Waals surface area contributed by atoms with Gasteiger partial charge in [-0.15, -0.1) is 0 Å². The summed E-state index contributed by atoms with van der Waals surface area (Å²) in [4.78, 5) is 26.9. The molecule has 160 valence electrons. The number of alkyl halides is 2. The smallest absolute Gasteiger partial charge is 0.387 e. The molecule has 1 heterocycles. The fourth-order valence-corrected chi connectivity index (χ4v) is 3.39. The lowest BCUT2D eigenvalue weighted by Crippen LogP contribution is -2.46. The second-order valence-corrected chi connectivity index (χ2v) is 6.87. The lowest BCUT2D eigenvalue weighted by Gasteiger charge is -2.32. The van der Waals surface area contributed by atoms with Crippen LogP contribution in [-0.2, 0) is 0 Å². The van der Waals surface area contributed by atoms with Crippen LogP contribution < -0.4 is 14.8 Å². The molecule has 6 nitrogen and oxygen atoms in total. The van der Waals surface area contributed by atoms with Crippen LogP contribution in [0.2, 0.25) is 0 Å². The highest BCUT2D eigenvalue weighted by Crippen LogP contribution is 2.22. The predicted molar refractivity (Wildman–Crippen MR) is 107 cm³/mol. The van der Waals surface area contributed by atoms with Crippen molar-refractivity contribution in [1.29, 1.82) is 0 Å². The fraction of sp³-hybridized carbons (Fsp3) is 0.364. The number of ether oxygens (including phenoxy) is 2. The van der Waals surface area contributed by atoms with Crippen LogP contribution in [0.4, 0.5) is 8.78 Å². The molecule has 0 spiro atoms. The van der Waals surface area contributed by atoms with Gasteiger partial charge in [-0.25, -0.2) is 0 Å². The number of likely N-dealkylation sites (tertiary alicyclic amines) is 1. The highest BCUT2D eigenvalue weighted by Gasteiger charge is 2.26. The van der Waals surface area contributed by atoms with Gasteiger partial charge in [0.1, 0.15) is 11.5 Å². The molecule has 1 N–H and O–H groups in total. The van der Waals surface area contributed by atoms with E-state index in [1.807, 2.05) is 6.92 Å². The number of para-hydroxylation sites is 1. The molecule has 0 bridgehead atoms. The van der Waals surface area contributed by atoms with E-state index in [2.05, 4.69) is 10.1 Å². The lowest BCUT2D eigenvalue weighted by atomic mass is 10.0. The van der Waals surface area contributed by atoms with Crippen molar-refractivity contribution < 1.29 is 27.8 Å². The van der Waals surface area contributed by atoms with Gasteiger partial charge >= 0.3 is 6.61 Å². The zero-order valence-corrected chi connectivity index (χ0v) is 16.6. The molecule has 0 saturated carbocycles. The largest absolute Gasteiger partial charge is 0.494 e. The Balaban J connectivity index is 1.54. The minimum Gasteiger partial charge on any atom is -0.494 e. The number of rotatable bonds is 7. The summed E-state index contributed by atoms with van der Waals surface area (Å²) in [5.41, 5.74) is 0.643. The number of carbonyl (C=O) groups is 2. The van der Waals surface area contributed by atoms with Gasteiger partial charge < -0.3 is 19.7 Å². The van der Waals surface area contributed by atoms with Gasteiger partial charge in [0.25, 0.3) is 11.8 Å². The summed E-state index contributed by atoms with van der Waals surface area (Å²) < 4.78 is 34.9. The number of nitrogens with one attached hydrogen (secondary N) is 1. The molecule has 30 heavy (non-hydrogen) atoms. The van der Waals surface area contributed by atoms with E-state index in [4.69, 9.17) is 4.74 Å². The molecule has 1 aliphatic rings. The van der Waals surface area contributed by atoms with Crippen molar-refractivity contribution in [3.05, 3.63) is 59.7 Å². The number of halogens is 2. The monoisotopic (exact) mass is 418 g/mol. The number of benzene rings is 2. The summed E-state index contributed by atoms with van der Waals surface area (Å²) in [6.45, 7) is 0.437. The number of nitrogens with zero attached hydrogens (tertiary/aromatic N) is 1. The summed E-state index contributed by atoms with van der Waals surface area (Å²) in [5.74, 6) is 0.0146. The van der Waals surface area contributed by atoms with Crippen LogP contribution in [0, 0.1) is 0 Å². The van der Waals surface area contributed by atoms with Crippen LogP contribution in [0.3, 0.4) is 0 Å². The van der Waals surface area contributed by atoms with Crippen molar-refractivity contribution in [2.45, 2.75) is 32.4 Å². The Hall–Kier alpha value is -3.16. The Bertz CT molecular complexity index is 866. The molecule has 1 fully saturated rings. The molecule has 0 aliphatic carbocycles. The minimum atomic E-state index is -3.00. The first-order valence-electron chi connectivity index (χ1n) is 9.84. The summed E-state index contributed by atoms with van der Waals surface area (Å²) in [6, 6.07) is 12.7. The molecule has 3 rings (SSSR count). The molecule has 2 aromatic rings. The first kappa shape index (κ1) is 21.5. The third kappa shape index (κ3) is 5.46. The molecule has 0 unspecified atom stereocenters. The summed E-state index contributed by atoms with van der Waals surface area (Å²) in [5, 5.41) is 2.85. The van der Waals surface area contributed by atoms with Gasteiger partial charge in [0, 0.05) is 24.7 Å². The number of carbonyl (C=O) groups excluding carboxylic acids is 2. The topological polar surface area (TPSA) is 67.9 Å². The normalized spacial score (nSPS) is 14.5. The second kappa shape index (κ2) is 10.0. The van der Waals surface area contributed by atoms with E-state index < -0.39 is 12.5 Å². The first-order chi connectivity index (χ1) is 14.5. The SMILES string of the molecule is CCOc1ccc(C(=O)N2CCC(NC(=O)c3ccccc3OC(F)F)CC2)cc1. The van der Waals surface area contributed by atoms with Crippen molar-refractivity contribution in [2.75, 3.05) is 19.7 Å². The van der Waals surface area contributed by atoms with Crippen LogP contribution in [0.15, 0.2) is 48.5 Å². The maximum absolute atomic E-state index is 12.7. The van der Waals surface area contributed by atoms with Crippen molar-refractivity contribution in [3.63, 3.8) is 0 Å². The summed E-state index contributed by atoms with van der Waals surface area (Å²) in [7, 11) is 0. The third-order valence-electron chi connectivity index (χ3n) is 4.88. The summed E-state index contributed by atoms with van der Waals surface area (Å²) >= 11 is 0. The van der Waals surface area contributed by atoms with E-state index in [9.17, 15) is 18.4 Å². The lowest BCUT2D eigenvalue weighted by molar-refractivity contribution is -0.0501. The van der Waals surface area contributed by atoms with Crippen molar-refractivity contribution in [3.8, 4) is 11.5 Å². The highest BCUT2D eigenvalue weighted by molar-refractivity contribution is 5.97. The van der Waals surface area contributed by atoms with Crippen LogP contribution in [0.25, 0.3) is 0 Å². The van der Waals surface area contributed by atoms with Crippen molar-refractivity contribution >= 4 is 11.8 Å². The quantitative estimate of drug-likeness (QED) is 0.744. The number of hydrogen-bond donors (Lipinski definition) is 1. The molecule has 0 aromatic heterocycles. The zero-order chi connectivity index (χ0) is 21.5. The van der Waals surface area contributed by atoms with Crippen LogP contribution in [0.1, 0.15) is 40.5 Å². The van der Waals surface area contributed by atoms with E-state index in [0.717, 1.165) is 0 Å². The number of piperidine rings is 1. The van der Waals surface area contributed by atoms with Gasteiger partial charge in [0.2, 0.25) is 0 Å². The Kier molecular flexibility index (Phi) is 7.21. The average Bonchev–Trinajstić information content (AvgIpc) is 2.74. The van der Waals surface area contributed by atoms with Crippen LogP contribution >= 0.6 is 0 Å². The Morgan fingerprint density at radius 3 is 2.40 bits per heavy atom. The van der Waals surface area contributed by atoms with Crippen molar-refractivity contribution in [2.24, 2.45) is 0 Å².